The van der Waals surface area contributed by atoms with Crippen molar-refractivity contribution in [1.82, 2.24) is 19.8 Å². The molecular formula is C19H29N5O. The molecule has 4 rings (SSSR count). The number of rotatable bonds is 3. The van der Waals surface area contributed by atoms with E-state index in [0.717, 1.165) is 64.0 Å². The minimum atomic E-state index is 0.296. The molecule has 1 aromatic heterocycles. The summed E-state index contributed by atoms with van der Waals surface area (Å²) in [6.45, 7) is 8.15. The van der Waals surface area contributed by atoms with E-state index >= 15 is 0 Å². The number of piperazine rings is 1. The van der Waals surface area contributed by atoms with Crippen molar-refractivity contribution >= 4 is 11.9 Å². The number of carbonyl (C=O) groups is 1. The van der Waals surface area contributed by atoms with Crippen molar-refractivity contribution in [2.75, 3.05) is 44.2 Å². The highest BCUT2D eigenvalue weighted by molar-refractivity contribution is 5.79. The Hall–Kier alpha value is -1.69. The van der Waals surface area contributed by atoms with E-state index in [-0.39, 0.29) is 0 Å². The molecule has 0 bridgehead atoms. The van der Waals surface area contributed by atoms with Crippen molar-refractivity contribution in [2.24, 2.45) is 11.8 Å². The number of amides is 1. The molecule has 0 atom stereocenters. The summed E-state index contributed by atoms with van der Waals surface area (Å²) >= 11 is 0. The second kappa shape index (κ2) is 7.28. The van der Waals surface area contributed by atoms with Crippen LogP contribution in [0.4, 0.5) is 5.95 Å². The number of likely N-dealkylation sites (tertiary alicyclic amines) is 1. The smallest absolute Gasteiger partial charge is 0.225 e. The molecule has 3 aliphatic rings. The Morgan fingerprint density at radius 2 is 1.64 bits per heavy atom. The number of carbonyl (C=O) groups excluding carboxylic acids is 1. The van der Waals surface area contributed by atoms with Gasteiger partial charge in [0.1, 0.15) is 0 Å². The average Bonchev–Trinajstić information content (AvgIpc) is 2.62. The summed E-state index contributed by atoms with van der Waals surface area (Å²) in [6.07, 6.45) is 8.23. The van der Waals surface area contributed by atoms with E-state index in [4.69, 9.17) is 0 Å². The van der Waals surface area contributed by atoms with Gasteiger partial charge in [-0.25, -0.2) is 9.97 Å². The topological polar surface area (TPSA) is 52.6 Å². The van der Waals surface area contributed by atoms with Crippen LogP contribution in [-0.4, -0.2) is 71.0 Å². The van der Waals surface area contributed by atoms with Crippen LogP contribution in [0.25, 0.3) is 0 Å². The fourth-order valence-electron chi connectivity index (χ4n) is 4.37. The summed E-state index contributed by atoms with van der Waals surface area (Å²) in [4.78, 5) is 28.2. The van der Waals surface area contributed by atoms with Crippen LogP contribution in [-0.2, 0) is 4.79 Å². The highest BCUT2D eigenvalue weighted by atomic mass is 16.2. The molecule has 3 heterocycles. The highest BCUT2D eigenvalue weighted by Gasteiger charge is 2.39. The monoisotopic (exact) mass is 343 g/mol. The summed E-state index contributed by atoms with van der Waals surface area (Å²) in [5.74, 6) is 2.35. The minimum Gasteiger partial charge on any atom is -0.339 e. The lowest BCUT2D eigenvalue weighted by Crippen LogP contribution is -2.65. The van der Waals surface area contributed by atoms with Crippen LogP contribution in [0.2, 0.25) is 0 Å². The van der Waals surface area contributed by atoms with E-state index in [2.05, 4.69) is 31.6 Å². The third kappa shape index (κ3) is 3.64. The van der Waals surface area contributed by atoms with Gasteiger partial charge in [0.25, 0.3) is 0 Å². The Morgan fingerprint density at radius 1 is 1.00 bits per heavy atom. The summed E-state index contributed by atoms with van der Waals surface area (Å²) in [7, 11) is 0. The van der Waals surface area contributed by atoms with E-state index in [1.807, 2.05) is 6.07 Å². The third-order valence-electron chi connectivity index (χ3n) is 6.20. The molecule has 0 N–H and O–H groups in total. The first-order valence-corrected chi connectivity index (χ1v) is 9.75. The average molecular weight is 343 g/mol. The van der Waals surface area contributed by atoms with Crippen LogP contribution in [0.15, 0.2) is 18.5 Å². The zero-order chi connectivity index (χ0) is 17.2. The van der Waals surface area contributed by atoms with Gasteiger partial charge in [-0.15, -0.1) is 0 Å². The number of hydrogen-bond donors (Lipinski definition) is 0. The van der Waals surface area contributed by atoms with Gasteiger partial charge in [-0.3, -0.25) is 9.69 Å². The maximum Gasteiger partial charge on any atom is 0.225 e. The molecule has 2 saturated heterocycles. The number of hydrogen-bond acceptors (Lipinski definition) is 5. The predicted molar refractivity (Wildman–Crippen MR) is 97.3 cm³/mol. The molecule has 1 aliphatic carbocycles. The van der Waals surface area contributed by atoms with Gasteiger partial charge < -0.3 is 9.80 Å². The summed E-state index contributed by atoms with van der Waals surface area (Å²) < 4.78 is 0. The van der Waals surface area contributed by atoms with Gasteiger partial charge in [-0.1, -0.05) is 6.92 Å². The second-order valence-electron chi connectivity index (χ2n) is 7.93. The van der Waals surface area contributed by atoms with Crippen molar-refractivity contribution in [1.29, 1.82) is 0 Å². The molecule has 136 valence electrons. The Kier molecular flexibility index (Phi) is 4.88. The highest BCUT2D eigenvalue weighted by Crippen LogP contribution is 2.31. The quantitative estimate of drug-likeness (QED) is 0.835. The minimum absolute atomic E-state index is 0.296. The van der Waals surface area contributed by atoms with Crippen molar-refractivity contribution in [3.8, 4) is 0 Å². The first-order chi connectivity index (χ1) is 12.2. The zero-order valence-electron chi connectivity index (χ0n) is 15.2. The molecule has 2 aliphatic heterocycles. The van der Waals surface area contributed by atoms with Crippen LogP contribution < -0.4 is 4.90 Å². The molecular weight excluding hydrogens is 314 g/mol. The SMILES string of the molecule is CC1CCC(C(=O)N2CC(N3CCN(c4ncccn4)CC3)C2)CC1. The van der Waals surface area contributed by atoms with Gasteiger partial charge in [0.15, 0.2) is 0 Å². The first kappa shape index (κ1) is 16.8. The zero-order valence-corrected chi connectivity index (χ0v) is 15.2. The number of nitrogens with zero attached hydrogens (tertiary/aromatic N) is 5. The molecule has 0 aromatic carbocycles. The molecule has 1 saturated carbocycles. The molecule has 0 unspecified atom stereocenters. The molecule has 1 amide bonds. The molecule has 6 nitrogen and oxygen atoms in total. The van der Waals surface area contributed by atoms with Crippen molar-refractivity contribution < 1.29 is 4.79 Å². The largest absolute Gasteiger partial charge is 0.339 e. The standard InChI is InChI=1S/C19H29N5O/c1-15-3-5-16(6-4-15)18(25)24-13-17(14-24)22-9-11-23(12-10-22)19-20-7-2-8-21-19/h2,7-8,15-17H,3-6,9-14H2,1H3. The number of aromatic nitrogens is 2. The fraction of sp³-hybridized carbons (Fsp3) is 0.737. The Bertz CT molecular complexity index is 573. The van der Waals surface area contributed by atoms with Crippen LogP contribution in [0, 0.1) is 11.8 Å². The fourth-order valence-corrected chi connectivity index (χ4v) is 4.37. The second-order valence-corrected chi connectivity index (χ2v) is 7.93. The lowest BCUT2D eigenvalue weighted by atomic mass is 9.82. The van der Waals surface area contributed by atoms with Crippen LogP contribution in [0.5, 0.6) is 0 Å². The van der Waals surface area contributed by atoms with E-state index in [9.17, 15) is 4.79 Å². The molecule has 3 fully saturated rings. The molecule has 6 heteroatoms. The van der Waals surface area contributed by atoms with Gasteiger partial charge in [0.05, 0.1) is 0 Å². The van der Waals surface area contributed by atoms with Crippen molar-refractivity contribution in [3.63, 3.8) is 0 Å². The predicted octanol–water partition coefficient (Wildman–Crippen LogP) is 1.64. The van der Waals surface area contributed by atoms with Crippen LogP contribution >= 0.6 is 0 Å². The molecule has 0 spiro atoms. The summed E-state index contributed by atoms with van der Waals surface area (Å²) in [5.41, 5.74) is 0. The maximum absolute atomic E-state index is 12.6. The molecule has 25 heavy (non-hydrogen) atoms. The van der Waals surface area contributed by atoms with E-state index < -0.39 is 0 Å². The Labute approximate surface area is 150 Å². The van der Waals surface area contributed by atoms with Crippen LogP contribution in [0.1, 0.15) is 32.6 Å². The lowest BCUT2D eigenvalue weighted by molar-refractivity contribution is -0.144. The van der Waals surface area contributed by atoms with Crippen molar-refractivity contribution in [2.45, 2.75) is 38.6 Å². The lowest BCUT2D eigenvalue weighted by Gasteiger charge is -2.49. The Balaban J connectivity index is 1.22. The third-order valence-corrected chi connectivity index (χ3v) is 6.20. The van der Waals surface area contributed by atoms with Crippen molar-refractivity contribution in [3.05, 3.63) is 18.5 Å². The normalized spacial score (nSPS) is 28.7. The van der Waals surface area contributed by atoms with Crippen LogP contribution in [0.3, 0.4) is 0 Å². The van der Waals surface area contributed by atoms with E-state index in [0.29, 0.717) is 17.9 Å². The van der Waals surface area contributed by atoms with Gasteiger partial charge in [-0.05, 0) is 37.7 Å². The van der Waals surface area contributed by atoms with E-state index in [1.165, 1.54) is 12.8 Å². The van der Waals surface area contributed by atoms with Gasteiger partial charge in [-0.2, -0.15) is 0 Å². The summed E-state index contributed by atoms with van der Waals surface area (Å²) in [5, 5.41) is 0. The maximum atomic E-state index is 12.6. The first-order valence-electron chi connectivity index (χ1n) is 9.75. The number of anilines is 1. The Morgan fingerprint density at radius 3 is 2.28 bits per heavy atom. The molecule has 0 radical (unpaired) electrons. The summed E-state index contributed by atoms with van der Waals surface area (Å²) in [6, 6.07) is 2.40. The van der Waals surface area contributed by atoms with Gasteiger partial charge in [0.2, 0.25) is 11.9 Å². The van der Waals surface area contributed by atoms with E-state index in [1.54, 1.807) is 12.4 Å². The van der Waals surface area contributed by atoms with Gasteiger partial charge in [0, 0.05) is 63.6 Å². The molecule has 1 aromatic rings. The van der Waals surface area contributed by atoms with Gasteiger partial charge >= 0.3 is 0 Å².